The maximum absolute atomic E-state index is 12.1. The summed E-state index contributed by atoms with van der Waals surface area (Å²) in [4.78, 5) is 24.0. The van der Waals surface area contributed by atoms with Crippen LogP contribution in [0.3, 0.4) is 0 Å². The number of carbonyl (C=O) groups excluding carboxylic acids is 2. The molecule has 0 bridgehead atoms. The first-order valence-corrected chi connectivity index (χ1v) is 9.12. The predicted molar refractivity (Wildman–Crippen MR) is 92.2 cm³/mol. The highest BCUT2D eigenvalue weighted by Crippen LogP contribution is 2.63. The van der Waals surface area contributed by atoms with Crippen molar-refractivity contribution in [1.29, 1.82) is 0 Å². The van der Waals surface area contributed by atoms with Gasteiger partial charge < -0.3 is 5.11 Å². The monoisotopic (exact) mass is 326 g/mol. The first-order chi connectivity index (χ1) is 11.3. The maximum Gasteiger partial charge on any atom is 0.158 e. The lowest BCUT2D eigenvalue weighted by molar-refractivity contribution is -0.119. The van der Waals surface area contributed by atoms with Crippen LogP contribution in [0.5, 0.6) is 0 Å². The Morgan fingerprint density at radius 2 is 2.04 bits per heavy atom. The van der Waals surface area contributed by atoms with Crippen molar-refractivity contribution in [2.75, 3.05) is 0 Å². The number of ketones is 2. The lowest BCUT2D eigenvalue weighted by atomic mass is 9.50. The number of aliphatic hydroxyl groups excluding tert-OH is 1. The molecule has 0 aromatic carbocycles. The summed E-state index contributed by atoms with van der Waals surface area (Å²) in [6, 6.07) is 0. The summed E-state index contributed by atoms with van der Waals surface area (Å²) in [6.45, 7) is 6.03. The van der Waals surface area contributed by atoms with Gasteiger partial charge >= 0.3 is 0 Å². The maximum atomic E-state index is 12.1. The molecule has 0 spiro atoms. The Bertz CT molecular complexity index is 725. The normalized spacial score (nSPS) is 43.9. The highest BCUT2D eigenvalue weighted by Gasteiger charge is 2.56. The molecular formula is C21H26O3. The molecule has 4 rings (SSSR count). The third kappa shape index (κ3) is 1.88. The Morgan fingerprint density at radius 3 is 2.75 bits per heavy atom. The van der Waals surface area contributed by atoms with Crippen molar-refractivity contribution in [3.8, 4) is 0 Å². The molecule has 0 aromatic heterocycles. The average Bonchev–Trinajstić information content (AvgIpc) is 2.86. The van der Waals surface area contributed by atoms with Crippen LogP contribution in [0.4, 0.5) is 0 Å². The van der Waals surface area contributed by atoms with Crippen molar-refractivity contribution in [2.45, 2.75) is 59.0 Å². The molecule has 0 saturated heterocycles. The lowest BCUT2D eigenvalue weighted by Gasteiger charge is -2.54. The van der Waals surface area contributed by atoms with Crippen molar-refractivity contribution in [2.24, 2.45) is 22.7 Å². The van der Waals surface area contributed by atoms with Gasteiger partial charge in [-0.1, -0.05) is 30.2 Å². The average molecular weight is 326 g/mol. The summed E-state index contributed by atoms with van der Waals surface area (Å²) in [7, 11) is 0. The van der Waals surface area contributed by atoms with Gasteiger partial charge in [-0.25, -0.2) is 0 Å². The molecule has 3 nitrogen and oxygen atoms in total. The fourth-order valence-corrected chi connectivity index (χ4v) is 6.03. The molecular weight excluding hydrogens is 300 g/mol. The number of hydrogen-bond acceptors (Lipinski definition) is 3. The third-order valence-corrected chi connectivity index (χ3v) is 7.41. The van der Waals surface area contributed by atoms with E-state index in [0.717, 1.165) is 36.8 Å². The van der Waals surface area contributed by atoms with E-state index in [1.165, 1.54) is 5.57 Å². The summed E-state index contributed by atoms with van der Waals surface area (Å²) in [6.07, 6.45) is 9.54. The molecule has 5 atom stereocenters. The second kappa shape index (κ2) is 5.01. The lowest BCUT2D eigenvalue weighted by Crippen LogP contribution is -2.49. The molecule has 1 saturated carbocycles. The fourth-order valence-electron chi connectivity index (χ4n) is 6.03. The molecule has 0 heterocycles. The van der Waals surface area contributed by atoms with Crippen LogP contribution in [-0.2, 0) is 9.59 Å². The highest BCUT2D eigenvalue weighted by atomic mass is 16.3. The number of allylic oxidation sites excluding steroid dienone is 4. The molecule has 0 aromatic rings. The summed E-state index contributed by atoms with van der Waals surface area (Å²) >= 11 is 0. The SMILES string of the molecule is CC(=O)C1=CC[C@H]2[C@@H]3CCC4=CC(=O)CC(O)[C@]4(C)C3=CC[C@]12C. The second-order valence-corrected chi connectivity index (χ2v) is 8.50. The Hall–Kier alpha value is -1.48. The molecule has 0 radical (unpaired) electrons. The zero-order valence-corrected chi connectivity index (χ0v) is 14.8. The number of hydrogen-bond donors (Lipinski definition) is 1. The fraction of sp³-hybridized carbons (Fsp3) is 0.619. The molecule has 3 heteroatoms. The Labute approximate surface area is 143 Å². The van der Waals surface area contributed by atoms with Crippen LogP contribution in [0.25, 0.3) is 0 Å². The predicted octanol–water partition coefficient (Wildman–Crippen LogP) is 3.53. The Balaban J connectivity index is 1.78. The van der Waals surface area contributed by atoms with Gasteiger partial charge in [-0.15, -0.1) is 0 Å². The standard InChI is InChI=1S/C21H26O3/c1-12(22)16-6-7-17-15-5-4-13-10-14(23)11-19(24)21(13,3)18(15)8-9-20(16,17)2/h6,8,10,15,17,19,24H,4-5,7,9,11H2,1-3H3/t15-,17-,19?,20+,21-/m0/s1. The van der Waals surface area contributed by atoms with E-state index in [-0.39, 0.29) is 23.4 Å². The van der Waals surface area contributed by atoms with E-state index >= 15 is 0 Å². The molecule has 0 amide bonds. The Kier molecular flexibility index (Phi) is 3.34. The Morgan fingerprint density at radius 1 is 1.29 bits per heavy atom. The highest BCUT2D eigenvalue weighted by molar-refractivity contribution is 5.95. The smallest absolute Gasteiger partial charge is 0.158 e. The first-order valence-electron chi connectivity index (χ1n) is 9.12. The number of carbonyl (C=O) groups is 2. The van der Waals surface area contributed by atoms with E-state index in [0.29, 0.717) is 11.8 Å². The molecule has 1 unspecified atom stereocenters. The van der Waals surface area contributed by atoms with Gasteiger partial charge in [0.05, 0.1) is 6.10 Å². The summed E-state index contributed by atoms with van der Waals surface area (Å²) < 4.78 is 0. The van der Waals surface area contributed by atoms with Gasteiger partial charge in [0.25, 0.3) is 0 Å². The quantitative estimate of drug-likeness (QED) is 0.750. The van der Waals surface area contributed by atoms with E-state index in [2.05, 4.69) is 26.0 Å². The van der Waals surface area contributed by atoms with Crippen LogP contribution in [0, 0.1) is 22.7 Å². The molecule has 1 N–H and O–H groups in total. The van der Waals surface area contributed by atoms with E-state index in [9.17, 15) is 14.7 Å². The summed E-state index contributed by atoms with van der Waals surface area (Å²) in [5, 5.41) is 10.7. The van der Waals surface area contributed by atoms with E-state index in [4.69, 9.17) is 0 Å². The third-order valence-electron chi connectivity index (χ3n) is 7.41. The van der Waals surface area contributed by atoms with Gasteiger partial charge in [0, 0.05) is 17.3 Å². The van der Waals surface area contributed by atoms with Gasteiger partial charge in [0.1, 0.15) is 0 Å². The van der Waals surface area contributed by atoms with Crippen molar-refractivity contribution in [3.05, 3.63) is 34.9 Å². The number of rotatable bonds is 1. The van der Waals surface area contributed by atoms with Crippen molar-refractivity contribution >= 4 is 11.6 Å². The molecule has 128 valence electrons. The van der Waals surface area contributed by atoms with Gasteiger partial charge in [-0.05, 0) is 63.0 Å². The van der Waals surface area contributed by atoms with Crippen LogP contribution in [0.1, 0.15) is 52.9 Å². The van der Waals surface area contributed by atoms with Gasteiger partial charge in [0.2, 0.25) is 0 Å². The number of aliphatic hydroxyl groups is 1. The van der Waals surface area contributed by atoms with Gasteiger partial charge in [0.15, 0.2) is 11.6 Å². The van der Waals surface area contributed by atoms with Gasteiger partial charge in [-0.2, -0.15) is 0 Å². The van der Waals surface area contributed by atoms with Crippen LogP contribution in [-0.4, -0.2) is 22.8 Å². The summed E-state index contributed by atoms with van der Waals surface area (Å²) in [5.41, 5.74) is 2.97. The van der Waals surface area contributed by atoms with Crippen LogP contribution < -0.4 is 0 Å². The molecule has 4 aliphatic carbocycles. The van der Waals surface area contributed by atoms with Crippen molar-refractivity contribution in [3.63, 3.8) is 0 Å². The van der Waals surface area contributed by atoms with Crippen LogP contribution >= 0.6 is 0 Å². The minimum atomic E-state index is -0.620. The van der Waals surface area contributed by atoms with E-state index < -0.39 is 11.5 Å². The largest absolute Gasteiger partial charge is 0.391 e. The zero-order valence-electron chi connectivity index (χ0n) is 14.8. The first kappa shape index (κ1) is 16.0. The van der Waals surface area contributed by atoms with Crippen molar-refractivity contribution < 1.29 is 14.7 Å². The van der Waals surface area contributed by atoms with Gasteiger partial charge in [-0.3, -0.25) is 9.59 Å². The minimum absolute atomic E-state index is 0.0519. The number of Topliss-reactive ketones (excluding diaryl/α,β-unsaturated/α-hetero) is 1. The topological polar surface area (TPSA) is 54.4 Å². The van der Waals surface area contributed by atoms with E-state index in [1.807, 2.05) is 0 Å². The number of fused-ring (bicyclic) bond motifs is 5. The van der Waals surface area contributed by atoms with Crippen molar-refractivity contribution in [1.82, 2.24) is 0 Å². The second-order valence-electron chi connectivity index (χ2n) is 8.50. The molecule has 24 heavy (non-hydrogen) atoms. The van der Waals surface area contributed by atoms with E-state index in [1.54, 1.807) is 13.0 Å². The summed E-state index contributed by atoms with van der Waals surface area (Å²) in [5.74, 6) is 1.10. The molecule has 4 aliphatic rings. The minimum Gasteiger partial charge on any atom is -0.391 e. The molecule has 0 aliphatic heterocycles. The zero-order chi connectivity index (χ0) is 17.3. The van der Waals surface area contributed by atoms with Crippen LogP contribution in [0.2, 0.25) is 0 Å². The molecule has 1 fully saturated rings. The van der Waals surface area contributed by atoms with Crippen LogP contribution in [0.15, 0.2) is 34.9 Å².